The fourth-order valence-corrected chi connectivity index (χ4v) is 5.07. The normalized spacial score (nSPS) is 21.2. The highest BCUT2D eigenvalue weighted by Gasteiger charge is 2.35. The summed E-state index contributed by atoms with van der Waals surface area (Å²) in [6.45, 7) is 15.3. The lowest BCUT2D eigenvalue weighted by Gasteiger charge is -2.39. The van der Waals surface area contributed by atoms with E-state index in [1.807, 2.05) is 52.8 Å². The Morgan fingerprint density at radius 2 is 1.95 bits per heavy atom. The van der Waals surface area contributed by atoms with Crippen molar-refractivity contribution in [2.75, 3.05) is 26.2 Å². The number of halogens is 1. The van der Waals surface area contributed by atoms with Crippen LogP contribution in [0.5, 0.6) is 0 Å². The van der Waals surface area contributed by atoms with Crippen LogP contribution >= 0.6 is 0 Å². The summed E-state index contributed by atoms with van der Waals surface area (Å²) < 4.78 is 19.8. The molecule has 1 aliphatic heterocycles. The van der Waals surface area contributed by atoms with Crippen LogP contribution in [0.3, 0.4) is 0 Å². The van der Waals surface area contributed by atoms with Gasteiger partial charge < -0.3 is 14.5 Å². The number of allylic oxidation sites excluding steroid dienone is 2. The first kappa shape index (κ1) is 29.1. The molecule has 2 heterocycles. The van der Waals surface area contributed by atoms with E-state index < -0.39 is 5.60 Å². The fourth-order valence-electron chi connectivity index (χ4n) is 5.07. The highest BCUT2D eigenvalue weighted by Crippen LogP contribution is 2.39. The Hall–Kier alpha value is -3.88. The first-order valence-electron chi connectivity index (χ1n) is 13.7. The summed E-state index contributed by atoms with van der Waals surface area (Å²) in [5.41, 5.74) is 5.33. The molecule has 0 bridgehead atoms. The van der Waals surface area contributed by atoms with E-state index in [1.54, 1.807) is 23.4 Å². The van der Waals surface area contributed by atoms with Crippen molar-refractivity contribution in [2.45, 2.75) is 59.0 Å². The number of carbonyl (C=O) groups excluding carboxylic acids is 1. The molecule has 0 radical (unpaired) electrons. The number of nitrogens with zero attached hydrogens (tertiary/aromatic N) is 5. The van der Waals surface area contributed by atoms with E-state index in [4.69, 9.17) is 14.6 Å². The lowest BCUT2D eigenvalue weighted by Crippen LogP contribution is -2.52. The standard InChI is InChI=1S/C31H38FN5O3/c1-7-35-27-13-23(25-11-10-24(32)15-26(25)22-9-8-12-34-16-22)14-28(29(27)20(2)33-6)36-39-19-21-17-37(18-21)30(38)40-31(3,4)5/h8-12,15-16,21,23H,6-7,13-14,17-19H2,1-5H3/b29-20+,35-27?,36-28+. The second kappa shape index (κ2) is 12.5. The number of benzene rings is 1. The third-order valence-electron chi connectivity index (χ3n) is 6.93. The van der Waals surface area contributed by atoms with Crippen LogP contribution in [0.25, 0.3) is 11.1 Å². The molecule has 212 valence electrons. The van der Waals surface area contributed by atoms with Crippen LogP contribution < -0.4 is 0 Å². The average molecular weight is 548 g/mol. The van der Waals surface area contributed by atoms with Gasteiger partial charge in [0.05, 0.1) is 5.71 Å². The molecule has 1 amide bonds. The molecule has 0 N–H and O–H groups in total. The third kappa shape index (κ3) is 7.00. The zero-order valence-electron chi connectivity index (χ0n) is 24.0. The molecule has 1 atom stereocenters. The van der Waals surface area contributed by atoms with Crippen molar-refractivity contribution in [1.29, 1.82) is 0 Å². The number of aliphatic imine (C=N–C) groups is 2. The van der Waals surface area contributed by atoms with Gasteiger partial charge in [0, 0.05) is 66.9 Å². The summed E-state index contributed by atoms with van der Waals surface area (Å²) >= 11 is 0. The monoisotopic (exact) mass is 547 g/mol. The molecule has 8 nitrogen and oxygen atoms in total. The Morgan fingerprint density at radius 1 is 1.20 bits per heavy atom. The molecule has 1 saturated carbocycles. The van der Waals surface area contributed by atoms with Crippen molar-refractivity contribution in [1.82, 2.24) is 9.88 Å². The van der Waals surface area contributed by atoms with E-state index in [2.05, 4.69) is 21.8 Å². The van der Waals surface area contributed by atoms with Crippen molar-refractivity contribution < 1.29 is 18.8 Å². The smallest absolute Gasteiger partial charge is 0.410 e. The molecule has 1 aromatic carbocycles. The van der Waals surface area contributed by atoms with Gasteiger partial charge in [-0.15, -0.1) is 0 Å². The van der Waals surface area contributed by atoms with Crippen LogP contribution in [0.4, 0.5) is 9.18 Å². The van der Waals surface area contributed by atoms with Gasteiger partial charge in [-0.1, -0.05) is 17.3 Å². The van der Waals surface area contributed by atoms with Gasteiger partial charge in [-0.25, -0.2) is 9.18 Å². The van der Waals surface area contributed by atoms with Gasteiger partial charge in [-0.3, -0.25) is 15.0 Å². The number of oxime groups is 1. The summed E-state index contributed by atoms with van der Waals surface area (Å²) in [4.78, 5) is 33.0. The molecule has 1 aliphatic carbocycles. The van der Waals surface area contributed by atoms with Crippen molar-refractivity contribution in [2.24, 2.45) is 21.1 Å². The van der Waals surface area contributed by atoms with E-state index in [-0.39, 0.29) is 23.7 Å². The Kier molecular flexibility index (Phi) is 9.12. The van der Waals surface area contributed by atoms with Gasteiger partial charge in [0.2, 0.25) is 0 Å². The van der Waals surface area contributed by atoms with Crippen LogP contribution in [0.1, 0.15) is 58.9 Å². The van der Waals surface area contributed by atoms with Gasteiger partial charge >= 0.3 is 6.09 Å². The summed E-state index contributed by atoms with van der Waals surface area (Å²) in [5.74, 6) is -0.136. The first-order chi connectivity index (χ1) is 19.1. The van der Waals surface area contributed by atoms with Crippen molar-refractivity contribution in [3.05, 3.63) is 65.4 Å². The Balaban J connectivity index is 1.57. The zero-order chi connectivity index (χ0) is 28.9. The number of hydrogen-bond donors (Lipinski definition) is 0. The number of carbonyl (C=O) groups is 1. The van der Waals surface area contributed by atoms with Crippen LogP contribution in [0.2, 0.25) is 0 Å². The Labute approximate surface area is 235 Å². The second-order valence-electron chi connectivity index (χ2n) is 11.2. The van der Waals surface area contributed by atoms with E-state index in [9.17, 15) is 9.18 Å². The van der Waals surface area contributed by atoms with E-state index in [0.29, 0.717) is 39.1 Å². The minimum Gasteiger partial charge on any atom is -0.444 e. The molecule has 1 unspecified atom stereocenters. The number of ether oxygens (including phenoxy) is 1. The number of pyridine rings is 1. The first-order valence-corrected chi connectivity index (χ1v) is 13.7. The number of likely N-dealkylation sites (tertiary alicyclic amines) is 1. The molecule has 40 heavy (non-hydrogen) atoms. The van der Waals surface area contributed by atoms with Crippen molar-refractivity contribution >= 4 is 24.2 Å². The molecule has 2 aliphatic rings. The number of rotatable bonds is 7. The predicted molar refractivity (Wildman–Crippen MR) is 157 cm³/mol. The fraction of sp³-hybridized carbons (Fsp3) is 0.452. The minimum absolute atomic E-state index is 0.00353. The molecule has 9 heteroatoms. The molecule has 1 saturated heterocycles. The zero-order valence-corrected chi connectivity index (χ0v) is 24.0. The molecule has 0 spiro atoms. The predicted octanol–water partition coefficient (Wildman–Crippen LogP) is 6.44. The van der Waals surface area contributed by atoms with Crippen LogP contribution in [0.15, 0.2) is 69.1 Å². The quantitative estimate of drug-likeness (QED) is 0.295. The van der Waals surface area contributed by atoms with Gasteiger partial charge in [0.1, 0.15) is 18.0 Å². The lowest BCUT2D eigenvalue weighted by atomic mass is 9.76. The summed E-state index contributed by atoms with van der Waals surface area (Å²) in [5, 5.41) is 4.58. The number of aromatic nitrogens is 1. The second-order valence-corrected chi connectivity index (χ2v) is 11.2. The summed E-state index contributed by atoms with van der Waals surface area (Å²) in [7, 11) is 0. The van der Waals surface area contributed by atoms with Crippen LogP contribution in [-0.4, -0.2) is 66.0 Å². The van der Waals surface area contributed by atoms with Gasteiger partial charge in [-0.2, -0.15) is 0 Å². The van der Waals surface area contributed by atoms with E-state index >= 15 is 0 Å². The summed E-state index contributed by atoms with van der Waals surface area (Å²) in [6.07, 6.45) is 4.36. The van der Waals surface area contributed by atoms with Gasteiger partial charge in [-0.05, 0) is 83.0 Å². The van der Waals surface area contributed by atoms with E-state index in [0.717, 1.165) is 39.4 Å². The maximum absolute atomic E-state index is 14.4. The van der Waals surface area contributed by atoms with Crippen molar-refractivity contribution in [3.8, 4) is 11.1 Å². The van der Waals surface area contributed by atoms with Crippen molar-refractivity contribution in [3.63, 3.8) is 0 Å². The lowest BCUT2D eigenvalue weighted by molar-refractivity contribution is -0.0197. The summed E-state index contributed by atoms with van der Waals surface area (Å²) in [6, 6.07) is 8.68. The highest BCUT2D eigenvalue weighted by atomic mass is 19.1. The SMILES string of the molecule is C=N/C(C)=C1\C(=NCC)CC(c2ccc(F)cc2-c2cccnc2)C\C1=N/OCC1CN(C(=O)OC(C)(C)C)C1. The maximum atomic E-state index is 14.4. The van der Waals surface area contributed by atoms with Crippen LogP contribution in [-0.2, 0) is 9.57 Å². The number of amides is 1. The molecular weight excluding hydrogens is 509 g/mol. The Morgan fingerprint density at radius 3 is 2.60 bits per heavy atom. The minimum atomic E-state index is -0.527. The molecule has 2 aromatic rings. The third-order valence-corrected chi connectivity index (χ3v) is 6.93. The molecule has 4 rings (SSSR count). The largest absolute Gasteiger partial charge is 0.444 e. The molecular formula is C31H38FN5O3. The highest BCUT2D eigenvalue weighted by molar-refractivity contribution is 6.27. The van der Waals surface area contributed by atoms with Gasteiger partial charge in [0.25, 0.3) is 0 Å². The van der Waals surface area contributed by atoms with E-state index in [1.165, 1.54) is 6.07 Å². The molecule has 2 fully saturated rings. The topological polar surface area (TPSA) is 88.7 Å². The van der Waals surface area contributed by atoms with Crippen LogP contribution in [0, 0.1) is 11.7 Å². The average Bonchev–Trinajstić information content (AvgIpc) is 2.89. The van der Waals surface area contributed by atoms with Gasteiger partial charge in [0.15, 0.2) is 0 Å². The Bertz CT molecular complexity index is 1320. The number of hydrogen-bond acceptors (Lipinski definition) is 7. The molecule has 1 aromatic heterocycles. The maximum Gasteiger partial charge on any atom is 0.410 e.